The van der Waals surface area contributed by atoms with E-state index in [0.717, 1.165) is 23.3 Å². The third-order valence-electron chi connectivity index (χ3n) is 4.11. The third-order valence-corrected chi connectivity index (χ3v) is 4.97. The van der Waals surface area contributed by atoms with Crippen LogP contribution in [0.25, 0.3) is 0 Å². The number of nitrogens with zero attached hydrogens (tertiary/aromatic N) is 1. The molecule has 1 unspecified atom stereocenters. The molecule has 1 atom stereocenters. The van der Waals surface area contributed by atoms with Crippen LogP contribution in [-0.4, -0.2) is 29.8 Å². The smallest absolute Gasteiger partial charge is 0.263 e. The Hall–Kier alpha value is -2.58. The number of terminal acetylenes is 1. The lowest BCUT2D eigenvalue weighted by molar-refractivity contribution is -0.121. The fraction of sp³-hybridized carbons (Fsp3) is 0.263. The summed E-state index contributed by atoms with van der Waals surface area (Å²) in [5.74, 6) is 2.31. The van der Waals surface area contributed by atoms with Crippen molar-refractivity contribution < 1.29 is 9.59 Å². The summed E-state index contributed by atoms with van der Waals surface area (Å²) in [7, 11) is 0. The van der Waals surface area contributed by atoms with Gasteiger partial charge in [0.05, 0.1) is 10.8 Å². The van der Waals surface area contributed by atoms with Gasteiger partial charge in [-0.3, -0.25) is 9.59 Å². The lowest BCUT2D eigenvalue weighted by Gasteiger charge is -2.31. The Bertz CT molecular complexity index is 777. The molecule has 1 fully saturated rings. The quantitative estimate of drug-likeness (QED) is 0.874. The van der Waals surface area contributed by atoms with E-state index >= 15 is 0 Å². The number of carbonyl (C=O) groups is 2. The molecule has 1 N–H and O–H groups in total. The molecule has 1 aromatic carbocycles. The number of piperidine rings is 1. The Labute approximate surface area is 145 Å². The van der Waals surface area contributed by atoms with Gasteiger partial charge in [-0.1, -0.05) is 18.1 Å². The molecule has 4 nitrogen and oxygen atoms in total. The normalized spacial score (nSPS) is 17.1. The van der Waals surface area contributed by atoms with Crippen LogP contribution in [0.5, 0.6) is 0 Å². The number of hydrogen-bond donors (Lipinski definition) is 1. The van der Waals surface area contributed by atoms with Gasteiger partial charge in [0.2, 0.25) is 5.91 Å². The van der Waals surface area contributed by atoms with Crippen LogP contribution >= 0.6 is 11.3 Å². The van der Waals surface area contributed by atoms with Gasteiger partial charge in [-0.2, -0.15) is 0 Å². The fourth-order valence-corrected chi connectivity index (χ4v) is 3.55. The average molecular weight is 338 g/mol. The van der Waals surface area contributed by atoms with Crippen molar-refractivity contribution in [3.63, 3.8) is 0 Å². The van der Waals surface area contributed by atoms with E-state index in [4.69, 9.17) is 6.42 Å². The van der Waals surface area contributed by atoms with Crippen LogP contribution in [0.15, 0.2) is 41.8 Å². The molecule has 1 aliphatic rings. The van der Waals surface area contributed by atoms with Crippen LogP contribution in [0.3, 0.4) is 0 Å². The van der Waals surface area contributed by atoms with Gasteiger partial charge in [0.1, 0.15) is 0 Å². The summed E-state index contributed by atoms with van der Waals surface area (Å²) in [5.41, 5.74) is 1.42. The molecular weight excluding hydrogens is 320 g/mol. The minimum Gasteiger partial charge on any atom is -0.337 e. The number of rotatable bonds is 3. The molecular formula is C19H18N2O2S. The third kappa shape index (κ3) is 3.66. The maximum Gasteiger partial charge on any atom is 0.263 e. The standard InChI is InChI=1S/C19H18N2O2S/c1-2-14-6-3-8-16(12-14)20-18(22)15-7-4-10-21(13-15)19(23)17-9-5-11-24-17/h1,3,5-6,8-9,11-12,15H,4,7,10,13H2,(H,20,22). The minimum atomic E-state index is -0.197. The van der Waals surface area contributed by atoms with E-state index < -0.39 is 0 Å². The van der Waals surface area contributed by atoms with Crippen molar-refractivity contribution in [3.05, 3.63) is 52.2 Å². The summed E-state index contributed by atoms with van der Waals surface area (Å²) in [6, 6.07) is 10.9. The number of thiophene rings is 1. The first-order chi connectivity index (χ1) is 11.7. The zero-order chi connectivity index (χ0) is 16.9. The van der Waals surface area contributed by atoms with Crippen LogP contribution in [0, 0.1) is 18.3 Å². The van der Waals surface area contributed by atoms with E-state index in [2.05, 4.69) is 11.2 Å². The molecule has 0 aliphatic carbocycles. The van der Waals surface area contributed by atoms with Crippen molar-refractivity contribution in [2.45, 2.75) is 12.8 Å². The first-order valence-corrected chi connectivity index (χ1v) is 8.75. The molecule has 122 valence electrons. The second-order valence-electron chi connectivity index (χ2n) is 5.78. The largest absolute Gasteiger partial charge is 0.337 e. The molecule has 1 saturated heterocycles. The van der Waals surface area contributed by atoms with E-state index in [1.807, 2.05) is 35.7 Å². The highest BCUT2D eigenvalue weighted by molar-refractivity contribution is 7.12. The number of carbonyl (C=O) groups excluding carboxylic acids is 2. The van der Waals surface area contributed by atoms with Crippen molar-refractivity contribution >= 4 is 28.8 Å². The Kier molecular flexibility index (Phi) is 4.97. The Balaban J connectivity index is 1.64. The molecule has 2 amide bonds. The predicted molar refractivity (Wildman–Crippen MR) is 96.0 cm³/mol. The van der Waals surface area contributed by atoms with Crippen LogP contribution in [0.1, 0.15) is 28.1 Å². The van der Waals surface area contributed by atoms with Gasteiger partial charge in [0, 0.05) is 24.3 Å². The number of nitrogens with one attached hydrogen (secondary N) is 1. The highest BCUT2D eigenvalue weighted by atomic mass is 32.1. The van der Waals surface area contributed by atoms with Gasteiger partial charge >= 0.3 is 0 Å². The minimum absolute atomic E-state index is 0.0110. The lowest BCUT2D eigenvalue weighted by atomic mass is 9.96. The molecule has 0 spiro atoms. The topological polar surface area (TPSA) is 49.4 Å². The molecule has 5 heteroatoms. The fourth-order valence-electron chi connectivity index (χ4n) is 2.86. The SMILES string of the molecule is C#Cc1cccc(NC(=O)C2CCCN(C(=O)c3cccs3)C2)c1. The maximum atomic E-state index is 12.5. The summed E-state index contributed by atoms with van der Waals surface area (Å²) in [6.45, 7) is 1.16. The molecule has 0 radical (unpaired) electrons. The summed E-state index contributed by atoms with van der Waals surface area (Å²) < 4.78 is 0. The average Bonchev–Trinajstić information content (AvgIpc) is 3.16. The van der Waals surface area contributed by atoms with E-state index in [1.54, 1.807) is 11.0 Å². The predicted octanol–water partition coefficient (Wildman–Crippen LogP) is 3.22. The van der Waals surface area contributed by atoms with Crippen molar-refractivity contribution in [3.8, 4) is 12.3 Å². The van der Waals surface area contributed by atoms with Crippen LogP contribution < -0.4 is 5.32 Å². The second kappa shape index (κ2) is 7.33. The van der Waals surface area contributed by atoms with Gasteiger partial charge in [-0.05, 0) is 42.5 Å². The van der Waals surface area contributed by atoms with Crippen molar-refractivity contribution in [2.75, 3.05) is 18.4 Å². The zero-order valence-corrected chi connectivity index (χ0v) is 14.0. The molecule has 0 saturated carbocycles. The Morgan fingerprint density at radius 2 is 2.17 bits per heavy atom. The molecule has 0 bridgehead atoms. The second-order valence-corrected chi connectivity index (χ2v) is 6.73. The van der Waals surface area contributed by atoms with Gasteiger partial charge < -0.3 is 10.2 Å². The number of likely N-dealkylation sites (tertiary alicyclic amines) is 1. The van der Waals surface area contributed by atoms with E-state index in [1.165, 1.54) is 11.3 Å². The molecule has 24 heavy (non-hydrogen) atoms. The monoisotopic (exact) mass is 338 g/mol. The van der Waals surface area contributed by atoms with E-state index in [0.29, 0.717) is 18.8 Å². The maximum absolute atomic E-state index is 12.5. The molecule has 1 aliphatic heterocycles. The van der Waals surface area contributed by atoms with E-state index in [-0.39, 0.29) is 17.7 Å². The Morgan fingerprint density at radius 1 is 1.29 bits per heavy atom. The van der Waals surface area contributed by atoms with Crippen molar-refractivity contribution in [1.29, 1.82) is 0 Å². The van der Waals surface area contributed by atoms with Crippen LogP contribution in [0.4, 0.5) is 5.69 Å². The van der Waals surface area contributed by atoms with Crippen molar-refractivity contribution in [2.24, 2.45) is 5.92 Å². The molecule has 2 heterocycles. The highest BCUT2D eigenvalue weighted by Gasteiger charge is 2.29. The summed E-state index contributed by atoms with van der Waals surface area (Å²) in [5, 5.41) is 4.80. The number of hydrogen-bond acceptors (Lipinski definition) is 3. The molecule has 3 rings (SSSR count). The highest BCUT2D eigenvalue weighted by Crippen LogP contribution is 2.22. The number of amides is 2. The summed E-state index contributed by atoms with van der Waals surface area (Å²) in [4.78, 5) is 27.5. The van der Waals surface area contributed by atoms with Crippen LogP contribution in [0.2, 0.25) is 0 Å². The zero-order valence-electron chi connectivity index (χ0n) is 13.2. The molecule has 1 aromatic heterocycles. The molecule has 2 aromatic rings. The lowest BCUT2D eigenvalue weighted by Crippen LogP contribution is -2.43. The van der Waals surface area contributed by atoms with Gasteiger partial charge in [-0.25, -0.2) is 0 Å². The first-order valence-electron chi connectivity index (χ1n) is 7.87. The van der Waals surface area contributed by atoms with Crippen LogP contribution in [-0.2, 0) is 4.79 Å². The van der Waals surface area contributed by atoms with Gasteiger partial charge in [-0.15, -0.1) is 17.8 Å². The summed E-state index contributed by atoms with van der Waals surface area (Å²) >= 11 is 1.43. The Morgan fingerprint density at radius 3 is 2.92 bits per heavy atom. The first kappa shape index (κ1) is 16.3. The summed E-state index contributed by atoms with van der Waals surface area (Å²) in [6.07, 6.45) is 7.00. The van der Waals surface area contributed by atoms with E-state index in [9.17, 15) is 9.59 Å². The number of anilines is 1. The van der Waals surface area contributed by atoms with Gasteiger partial charge in [0.25, 0.3) is 5.91 Å². The van der Waals surface area contributed by atoms with Gasteiger partial charge in [0.15, 0.2) is 0 Å². The number of benzene rings is 1. The van der Waals surface area contributed by atoms with Crippen molar-refractivity contribution in [1.82, 2.24) is 4.90 Å².